The molecule has 3 amide bonds. The summed E-state index contributed by atoms with van der Waals surface area (Å²) in [5, 5.41) is 1.81. The van der Waals surface area contributed by atoms with Gasteiger partial charge in [0.05, 0.1) is 5.41 Å². The molecule has 10 heteroatoms. The minimum absolute atomic E-state index is 0. The Morgan fingerprint density at radius 1 is 1.16 bits per heavy atom. The number of benzene rings is 1. The van der Waals surface area contributed by atoms with E-state index in [9.17, 15) is 27.6 Å². The van der Waals surface area contributed by atoms with E-state index in [0.717, 1.165) is 5.56 Å². The Hall–Kier alpha value is -2.78. The fraction of sp³-hybridized carbons (Fsp3) is 0.571. The van der Waals surface area contributed by atoms with Gasteiger partial charge in [0.1, 0.15) is 18.7 Å². The summed E-state index contributed by atoms with van der Waals surface area (Å²) in [6.45, 7) is 3.96. The maximum Gasteiger partial charge on any atom is 0.410 e. The van der Waals surface area contributed by atoms with E-state index < -0.39 is 42.3 Å². The number of para-hydroxylation sites is 1. The first-order valence-corrected chi connectivity index (χ1v) is 10.1. The average molecular weight is 443 g/mol. The van der Waals surface area contributed by atoms with E-state index >= 15 is 0 Å². The highest BCUT2D eigenvalue weighted by atomic mass is 19.4. The highest BCUT2D eigenvalue weighted by molar-refractivity contribution is 6.10. The fourth-order valence-electron chi connectivity index (χ4n) is 4.03. The summed E-state index contributed by atoms with van der Waals surface area (Å²) in [6, 6.07) is 6.96. The zero-order valence-electron chi connectivity index (χ0n) is 17.7. The van der Waals surface area contributed by atoms with E-state index in [1.165, 1.54) is 4.90 Å². The van der Waals surface area contributed by atoms with Gasteiger partial charge in [0.15, 0.2) is 0 Å². The second-order valence-electron chi connectivity index (χ2n) is 8.85. The molecule has 3 rings (SSSR count). The van der Waals surface area contributed by atoms with Crippen molar-refractivity contribution in [1.82, 2.24) is 10.2 Å². The van der Waals surface area contributed by atoms with Crippen molar-refractivity contribution in [2.75, 3.05) is 31.1 Å². The van der Waals surface area contributed by atoms with Crippen LogP contribution in [-0.4, -0.2) is 60.8 Å². The lowest BCUT2D eigenvalue weighted by Crippen LogP contribution is -2.52. The summed E-state index contributed by atoms with van der Waals surface area (Å²) < 4.78 is 42.6. The summed E-state index contributed by atoms with van der Waals surface area (Å²) in [7, 11) is 0. The first-order chi connectivity index (χ1) is 14.3. The van der Waals surface area contributed by atoms with Gasteiger partial charge in [-0.2, -0.15) is 13.2 Å². The second kappa shape index (κ2) is 8.05. The van der Waals surface area contributed by atoms with E-state index in [1.807, 2.05) is 5.32 Å². The summed E-state index contributed by atoms with van der Waals surface area (Å²) >= 11 is 0. The van der Waals surface area contributed by atoms with E-state index in [0.29, 0.717) is 31.6 Å². The molecule has 0 saturated carbocycles. The van der Waals surface area contributed by atoms with Crippen LogP contribution in [0.5, 0.6) is 0 Å². The smallest absolute Gasteiger partial charge is 0.410 e. The van der Waals surface area contributed by atoms with Crippen LogP contribution in [0.4, 0.5) is 23.7 Å². The number of amides is 3. The topological polar surface area (TPSA) is 79.0 Å². The Kier molecular flexibility index (Phi) is 5.94. The van der Waals surface area contributed by atoms with Gasteiger partial charge in [0, 0.05) is 20.2 Å². The quantitative estimate of drug-likeness (QED) is 0.778. The average Bonchev–Trinajstić information content (AvgIpc) is 2.88. The van der Waals surface area contributed by atoms with Crippen molar-refractivity contribution in [2.24, 2.45) is 0 Å². The molecule has 31 heavy (non-hydrogen) atoms. The number of carbonyl (C=O) groups excluding carboxylic acids is 3. The van der Waals surface area contributed by atoms with Crippen LogP contribution < -0.4 is 10.2 Å². The summed E-state index contributed by atoms with van der Waals surface area (Å²) in [6.07, 6.45) is -4.31. The molecule has 0 unspecified atom stereocenters. The maximum atomic E-state index is 13.4. The zero-order chi connectivity index (χ0) is 23.0. The molecule has 172 valence electrons. The SMILES string of the molecule is CC(C)(C)OC(=O)N1CCC2(CC1)C(=O)N(CC(=O)NCC(F)(F)F)c1ccccc12.[HH]. The number of alkyl halides is 3. The molecule has 0 radical (unpaired) electrons. The first-order valence-electron chi connectivity index (χ1n) is 10.1. The van der Waals surface area contributed by atoms with Crippen molar-refractivity contribution < 1.29 is 33.7 Å². The van der Waals surface area contributed by atoms with Gasteiger partial charge in [0.2, 0.25) is 11.8 Å². The van der Waals surface area contributed by atoms with Gasteiger partial charge in [-0.25, -0.2) is 4.79 Å². The molecule has 0 aromatic heterocycles. The maximum absolute atomic E-state index is 13.4. The molecule has 2 aliphatic heterocycles. The van der Waals surface area contributed by atoms with Crippen LogP contribution in [0.3, 0.4) is 0 Å². The number of rotatable bonds is 3. The third kappa shape index (κ3) is 4.94. The van der Waals surface area contributed by atoms with Crippen molar-refractivity contribution in [3.05, 3.63) is 29.8 Å². The number of hydrogen-bond donors (Lipinski definition) is 1. The molecule has 1 fully saturated rings. The van der Waals surface area contributed by atoms with Crippen molar-refractivity contribution in [3.63, 3.8) is 0 Å². The van der Waals surface area contributed by atoms with Crippen LogP contribution in [0, 0.1) is 0 Å². The summed E-state index contributed by atoms with van der Waals surface area (Å²) in [5.74, 6) is -1.22. The fourth-order valence-corrected chi connectivity index (χ4v) is 4.03. The standard InChI is InChI=1S/C21H26F3N3O4.H2/c1-19(2,3)31-18(30)26-10-8-20(9-11-26)14-6-4-5-7-15(14)27(17(20)29)12-16(28)25-13-21(22,23)24;/h4-7H,8-13H2,1-3H3,(H,25,28);1H. The van der Waals surface area contributed by atoms with E-state index in [1.54, 1.807) is 49.9 Å². The third-order valence-electron chi connectivity index (χ3n) is 5.42. The number of anilines is 1. The van der Waals surface area contributed by atoms with Gasteiger partial charge in [-0.3, -0.25) is 9.59 Å². The van der Waals surface area contributed by atoms with Crippen LogP contribution >= 0.6 is 0 Å². The van der Waals surface area contributed by atoms with Crippen molar-refractivity contribution >= 4 is 23.6 Å². The lowest BCUT2D eigenvalue weighted by molar-refractivity contribution is -0.138. The monoisotopic (exact) mass is 443 g/mol. The van der Waals surface area contributed by atoms with Crippen LogP contribution in [0.25, 0.3) is 0 Å². The van der Waals surface area contributed by atoms with E-state index in [2.05, 4.69) is 0 Å². The molecule has 2 aliphatic rings. The van der Waals surface area contributed by atoms with Crippen LogP contribution in [0.2, 0.25) is 0 Å². The van der Waals surface area contributed by atoms with Gasteiger partial charge in [0.25, 0.3) is 0 Å². The molecule has 0 atom stereocenters. The van der Waals surface area contributed by atoms with Gasteiger partial charge in [-0.05, 0) is 45.2 Å². The first kappa shape index (κ1) is 22.9. The molecule has 0 aliphatic carbocycles. The number of halogens is 3. The highest BCUT2D eigenvalue weighted by Crippen LogP contribution is 2.47. The number of fused-ring (bicyclic) bond motifs is 2. The minimum atomic E-state index is -4.53. The van der Waals surface area contributed by atoms with Gasteiger partial charge >= 0.3 is 12.3 Å². The molecule has 7 nitrogen and oxygen atoms in total. The van der Waals surface area contributed by atoms with Crippen LogP contribution in [0.15, 0.2) is 24.3 Å². The van der Waals surface area contributed by atoms with E-state index in [-0.39, 0.29) is 7.33 Å². The Morgan fingerprint density at radius 2 is 1.77 bits per heavy atom. The van der Waals surface area contributed by atoms with Crippen LogP contribution in [0.1, 0.15) is 40.6 Å². The van der Waals surface area contributed by atoms with Gasteiger partial charge < -0.3 is 19.9 Å². The molecule has 1 saturated heterocycles. The predicted molar refractivity (Wildman–Crippen MR) is 109 cm³/mol. The lowest BCUT2D eigenvalue weighted by Gasteiger charge is -2.38. The summed E-state index contributed by atoms with van der Waals surface area (Å²) in [4.78, 5) is 40.6. The highest BCUT2D eigenvalue weighted by Gasteiger charge is 2.52. The molecule has 1 N–H and O–H groups in total. The molecule has 2 heterocycles. The molecular weight excluding hydrogens is 415 g/mol. The molecule has 1 aromatic carbocycles. The Balaban J connectivity index is 0.00000363. The van der Waals surface area contributed by atoms with Gasteiger partial charge in [-0.1, -0.05) is 18.2 Å². The van der Waals surface area contributed by atoms with Crippen molar-refractivity contribution in [3.8, 4) is 0 Å². The van der Waals surface area contributed by atoms with Crippen LogP contribution in [-0.2, 0) is 19.7 Å². The molecule has 1 aromatic rings. The lowest BCUT2D eigenvalue weighted by atomic mass is 9.74. The number of ether oxygens (including phenoxy) is 1. The number of likely N-dealkylation sites (tertiary alicyclic amines) is 1. The molecule has 1 spiro atoms. The number of nitrogens with zero attached hydrogens (tertiary/aromatic N) is 2. The van der Waals surface area contributed by atoms with Gasteiger partial charge in [-0.15, -0.1) is 0 Å². The molecule has 0 bridgehead atoms. The van der Waals surface area contributed by atoms with E-state index in [4.69, 9.17) is 4.74 Å². The number of nitrogens with one attached hydrogen (secondary N) is 1. The predicted octanol–water partition coefficient (Wildman–Crippen LogP) is 3.23. The minimum Gasteiger partial charge on any atom is -0.444 e. The molecular formula is C21H28F3N3O4. The Morgan fingerprint density at radius 3 is 2.35 bits per heavy atom. The second-order valence-corrected chi connectivity index (χ2v) is 8.85. The zero-order valence-corrected chi connectivity index (χ0v) is 17.7. The Bertz CT molecular complexity index is 878. The number of piperidine rings is 1. The number of carbonyl (C=O) groups is 3. The summed E-state index contributed by atoms with van der Waals surface area (Å²) in [5.41, 5.74) is -0.310. The third-order valence-corrected chi connectivity index (χ3v) is 5.42. The largest absolute Gasteiger partial charge is 0.444 e. The Labute approximate surface area is 180 Å². The number of hydrogen-bond acceptors (Lipinski definition) is 4. The van der Waals surface area contributed by atoms with Crippen molar-refractivity contribution in [2.45, 2.75) is 50.8 Å². The normalized spacial score (nSPS) is 18.2. The van der Waals surface area contributed by atoms with Crippen molar-refractivity contribution in [1.29, 1.82) is 0 Å².